The van der Waals surface area contributed by atoms with Gasteiger partial charge in [0.2, 0.25) is 0 Å². The second-order valence-corrected chi connectivity index (χ2v) is 35.6. The molecule has 0 spiro atoms. The van der Waals surface area contributed by atoms with Crippen LogP contribution in [0.1, 0.15) is 154 Å². The Kier molecular flexibility index (Phi) is 16.1. The molecule has 0 saturated heterocycles. The number of rotatable bonds is 11. The third-order valence-electron chi connectivity index (χ3n) is 22.5. The van der Waals surface area contributed by atoms with Crippen LogP contribution in [0.3, 0.4) is 0 Å². The van der Waals surface area contributed by atoms with Gasteiger partial charge in [-0.1, -0.05) is 298 Å². The minimum Gasteiger partial charge on any atom is -0.455 e. The van der Waals surface area contributed by atoms with Gasteiger partial charge in [0.15, 0.2) is 0 Å². The van der Waals surface area contributed by atoms with Crippen LogP contribution < -0.4 is 14.7 Å². The molecule has 17 rings (SSSR count). The van der Waals surface area contributed by atoms with Crippen LogP contribution in [-0.4, -0.2) is 0 Å². The molecule has 1 aliphatic carbocycles. The van der Waals surface area contributed by atoms with Gasteiger partial charge in [0, 0.05) is 65.6 Å². The number of benzene rings is 14. The number of hydrogen-bond acceptors (Lipinski definition) is 5. The monoisotopic (exact) mass is 1400 g/mol. The Hall–Kier alpha value is -11.0. The van der Waals surface area contributed by atoms with Gasteiger partial charge in [-0.05, 0) is 191 Å². The van der Waals surface area contributed by atoms with Crippen LogP contribution >= 0.6 is 11.3 Å². The number of hydrogen-bond donors (Lipinski definition) is 0. The zero-order valence-electron chi connectivity index (χ0n) is 63.9. The molecule has 2 heterocycles. The van der Waals surface area contributed by atoms with Crippen molar-refractivity contribution in [2.45, 2.75) is 136 Å². The first kappa shape index (κ1) is 68.1. The van der Waals surface area contributed by atoms with E-state index in [1.54, 1.807) is 0 Å². The molecule has 0 amide bonds. The van der Waals surface area contributed by atoms with E-state index in [4.69, 9.17) is 4.42 Å². The van der Waals surface area contributed by atoms with Gasteiger partial charge in [0.25, 0.3) is 0 Å². The normalized spacial score (nSPS) is 14.2. The molecule has 5 heteroatoms. The van der Waals surface area contributed by atoms with E-state index in [1.165, 1.54) is 75.3 Å². The van der Waals surface area contributed by atoms with E-state index in [9.17, 15) is 0 Å². The van der Waals surface area contributed by atoms with E-state index in [-0.39, 0.29) is 27.1 Å². The average molecular weight is 1400 g/mol. The third kappa shape index (κ3) is 11.4. The molecule has 1 unspecified atom stereocenters. The van der Waals surface area contributed by atoms with Crippen molar-refractivity contribution in [2.75, 3.05) is 14.7 Å². The smallest absolute Gasteiger partial charge is 0.145 e. The van der Waals surface area contributed by atoms with Crippen molar-refractivity contribution in [3.63, 3.8) is 0 Å². The number of furan rings is 1. The lowest BCUT2D eigenvalue weighted by Gasteiger charge is -2.37. The van der Waals surface area contributed by atoms with Gasteiger partial charge in [-0.25, -0.2) is 0 Å². The summed E-state index contributed by atoms with van der Waals surface area (Å²) in [6.07, 6.45) is 0. The molecule has 524 valence electrons. The first-order valence-electron chi connectivity index (χ1n) is 37.7. The number of thiophene rings is 1. The van der Waals surface area contributed by atoms with Crippen LogP contribution in [0.5, 0.6) is 0 Å². The van der Waals surface area contributed by atoms with Crippen molar-refractivity contribution in [1.82, 2.24) is 0 Å². The van der Waals surface area contributed by atoms with Gasteiger partial charge in [0.05, 0.1) is 38.3 Å². The van der Waals surface area contributed by atoms with Crippen LogP contribution in [0, 0.1) is 0 Å². The first-order chi connectivity index (χ1) is 50.7. The molecule has 4 nitrogen and oxygen atoms in total. The molecule has 0 bridgehead atoms. The largest absolute Gasteiger partial charge is 0.455 e. The summed E-state index contributed by atoms with van der Waals surface area (Å²) in [6, 6.07) is 111. The highest BCUT2D eigenvalue weighted by Gasteiger charge is 2.51. The van der Waals surface area contributed by atoms with E-state index < -0.39 is 5.41 Å². The fraction of sp³-hybridized carbons (Fsp3) is 0.208. The Balaban J connectivity index is 1.06. The fourth-order valence-corrected chi connectivity index (χ4v) is 17.9. The SMILES string of the molecule is CC(C)(C)c1ccc(N(c2ccc(C(C)(C)C)cc2)c2ccc(C3(c4ccc(C(C)(C)C)cc4)c4cc(N(c5ccc(C(C)(C)C)cc5)c5cccc6ccccc56)c5c(oc6ccccc65)c4-c4c3cc(N(c3ccc(C(C)(C)C)cc3)c3cccc5ccccc35)c3sc5ccccc5c43)cc2)cc1. The van der Waals surface area contributed by atoms with Crippen LogP contribution in [-0.2, 0) is 32.5 Å². The second kappa shape index (κ2) is 25.1. The lowest BCUT2D eigenvalue weighted by molar-refractivity contribution is 0.589. The zero-order valence-corrected chi connectivity index (χ0v) is 64.7. The van der Waals surface area contributed by atoms with Crippen molar-refractivity contribution in [2.24, 2.45) is 0 Å². The highest BCUT2D eigenvalue weighted by Crippen LogP contribution is 2.66. The zero-order chi connectivity index (χ0) is 73.6. The molecule has 16 aromatic rings. The molecule has 1 atom stereocenters. The summed E-state index contributed by atoms with van der Waals surface area (Å²) in [5, 5.41) is 9.19. The number of nitrogens with zero attached hydrogens (tertiary/aromatic N) is 3. The third-order valence-corrected chi connectivity index (χ3v) is 23.7. The summed E-state index contributed by atoms with van der Waals surface area (Å²) in [5.41, 5.74) is 23.3. The highest BCUT2D eigenvalue weighted by atomic mass is 32.1. The summed E-state index contributed by atoms with van der Waals surface area (Å²) in [7, 11) is 0. The van der Waals surface area contributed by atoms with Crippen molar-refractivity contribution in [3.8, 4) is 11.1 Å². The number of anilines is 9. The van der Waals surface area contributed by atoms with E-state index >= 15 is 0 Å². The maximum atomic E-state index is 7.90. The van der Waals surface area contributed by atoms with Crippen LogP contribution in [0.25, 0.3) is 74.8 Å². The van der Waals surface area contributed by atoms with Crippen LogP contribution in [0.15, 0.2) is 296 Å². The van der Waals surface area contributed by atoms with E-state index in [0.29, 0.717) is 0 Å². The van der Waals surface area contributed by atoms with Crippen LogP contribution in [0.2, 0.25) is 0 Å². The van der Waals surface area contributed by atoms with Gasteiger partial charge in [0.1, 0.15) is 11.2 Å². The van der Waals surface area contributed by atoms with Gasteiger partial charge >= 0.3 is 0 Å². The van der Waals surface area contributed by atoms with Gasteiger partial charge in [-0.15, -0.1) is 11.3 Å². The molecule has 0 N–H and O–H groups in total. The average Bonchev–Trinajstić information content (AvgIpc) is 1.50. The minimum absolute atomic E-state index is 0.0210. The Morgan fingerprint density at radius 1 is 0.283 bits per heavy atom. The topological polar surface area (TPSA) is 22.9 Å². The molecular weight excluding hydrogens is 1300 g/mol. The number of fused-ring (bicyclic) bond motifs is 13. The predicted molar refractivity (Wildman–Crippen MR) is 456 cm³/mol. The van der Waals surface area contributed by atoms with Crippen molar-refractivity contribution in [1.29, 1.82) is 0 Å². The fourth-order valence-electron chi connectivity index (χ4n) is 16.7. The van der Waals surface area contributed by atoms with Crippen LogP contribution in [0.4, 0.5) is 51.2 Å². The lowest BCUT2D eigenvalue weighted by Crippen LogP contribution is -2.29. The summed E-state index contributed by atoms with van der Waals surface area (Å²) >= 11 is 1.89. The van der Waals surface area contributed by atoms with Gasteiger partial charge < -0.3 is 19.1 Å². The van der Waals surface area contributed by atoms with E-state index in [0.717, 1.165) is 101 Å². The van der Waals surface area contributed by atoms with Crippen molar-refractivity contribution in [3.05, 3.63) is 341 Å². The molecule has 0 saturated carbocycles. The van der Waals surface area contributed by atoms with Crippen molar-refractivity contribution >= 4 is 126 Å². The Morgan fingerprint density at radius 3 is 1.08 bits per heavy atom. The summed E-state index contributed by atoms with van der Waals surface area (Å²) < 4.78 is 10.3. The minimum atomic E-state index is -1.04. The molecule has 14 aromatic carbocycles. The maximum absolute atomic E-state index is 7.90. The standard InChI is InChI=1S/C101H93N3OS/c1-96(2,3)66-38-40-71(41-39-66)101(72-50-60-75(61-51-72)102(73-52-42-67(43-53-73)97(4,5)6)74-54-44-68(45-55-74)98(7,8)9)82-63-87(104(77-58-48-70(49-59-77)100(13,14)15)85-35-25-29-65-27-17-19-31-79(65)85)95-91(81-33-21-23-37-89(81)106-95)92(82)93-83(101)62-86(90-80-32-20-22-36-88(80)105-94(90)93)103(76-56-46-69(47-57-76)99(10,11)12)84-34-24-28-64-26-16-18-30-78(64)84/h16-63H,1-15H3. The molecule has 0 fully saturated rings. The lowest BCUT2D eigenvalue weighted by atomic mass is 9.67. The molecule has 0 radical (unpaired) electrons. The summed E-state index contributed by atoms with van der Waals surface area (Å²) in [6.45, 7) is 34.6. The molecule has 0 aliphatic heterocycles. The quantitative estimate of drug-likeness (QED) is 0.129. The molecule has 2 aromatic heterocycles. The molecule has 1 aliphatic rings. The summed E-state index contributed by atoms with van der Waals surface area (Å²) in [5.74, 6) is 0. The molecule has 106 heavy (non-hydrogen) atoms. The van der Waals surface area contributed by atoms with Crippen molar-refractivity contribution < 1.29 is 4.42 Å². The first-order valence-corrected chi connectivity index (χ1v) is 38.5. The Bertz CT molecular complexity index is 5990. The van der Waals surface area contributed by atoms with E-state index in [2.05, 4.69) is 410 Å². The Labute approximate surface area is 629 Å². The van der Waals surface area contributed by atoms with E-state index in [1.807, 2.05) is 11.3 Å². The van der Waals surface area contributed by atoms with Gasteiger partial charge in [-0.3, -0.25) is 0 Å². The summed E-state index contributed by atoms with van der Waals surface area (Å²) in [4.78, 5) is 7.59. The molecular formula is C101H93N3OS. The Morgan fingerprint density at radius 2 is 0.623 bits per heavy atom. The van der Waals surface area contributed by atoms with Gasteiger partial charge in [-0.2, -0.15) is 0 Å². The number of para-hydroxylation sites is 1. The highest BCUT2D eigenvalue weighted by molar-refractivity contribution is 7.26. The predicted octanol–water partition coefficient (Wildman–Crippen LogP) is 29.5. The maximum Gasteiger partial charge on any atom is 0.145 e. The second-order valence-electron chi connectivity index (χ2n) is 34.6.